The lowest BCUT2D eigenvalue weighted by Crippen LogP contribution is -2.23. The molecule has 0 saturated carbocycles. The van der Waals surface area contributed by atoms with E-state index in [0.29, 0.717) is 28.2 Å². The third-order valence-electron chi connectivity index (χ3n) is 4.60. The van der Waals surface area contributed by atoms with Gasteiger partial charge in [0.25, 0.3) is 0 Å². The molecule has 9 nitrogen and oxygen atoms in total. The molecule has 0 bridgehead atoms. The van der Waals surface area contributed by atoms with E-state index in [2.05, 4.69) is 20.2 Å². The molecule has 0 atom stereocenters. The Bertz CT molecular complexity index is 1320. The van der Waals surface area contributed by atoms with Crippen LogP contribution < -0.4 is 10.0 Å². The highest BCUT2D eigenvalue weighted by atomic mass is 35.5. The van der Waals surface area contributed by atoms with Gasteiger partial charge in [0.1, 0.15) is 5.76 Å². The first-order valence-electron chi connectivity index (χ1n) is 9.89. The van der Waals surface area contributed by atoms with Crippen molar-refractivity contribution in [3.8, 4) is 11.4 Å². The van der Waals surface area contributed by atoms with Crippen LogP contribution in [-0.4, -0.2) is 24.5 Å². The first kappa shape index (κ1) is 22.7. The summed E-state index contributed by atoms with van der Waals surface area (Å²) in [4.78, 5) is 16.6. The molecule has 2 aromatic heterocycles. The van der Waals surface area contributed by atoms with Crippen molar-refractivity contribution in [1.29, 1.82) is 0 Å². The zero-order chi connectivity index (χ0) is 23.3. The number of furan rings is 1. The molecule has 2 aromatic carbocycles. The number of aromatic nitrogens is 2. The van der Waals surface area contributed by atoms with E-state index in [4.69, 9.17) is 20.5 Å². The lowest BCUT2D eigenvalue weighted by molar-refractivity contribution is -0.116. The highest BCUT2D eigenvalue weighted by molar-refractivity contribution is 7.89. The lowest BCUT2D eigenvalue weighted by Gasteiger charge is -2.08. The van der Waals surface area contributed by atoms with Crippen LogP contribution in [0.5, 0.6) is 0 Å². The van der Waals surface area contributed by atoms with Crippen molar-refractivity contribution in [2.75, 3.05) is 5.32 Å². The van der Waals surface area contributed by atoms with Gasteiger partial charge in [0.2, 0.25) is 27.6 Å². The van der Waals surface area contributed by atoms with E-state index in [-0.39, 0.29) is 30.2 Å². The average Bonchev–Trinajstić information content (AvgIpc) is 3.50. The molecule has 0 fully saturated rings. The maximum Gasteiger partial charge on any atom is 0.240 e. The molecule has 0 spiro atoms. The summed E-state index contributed by atoms with van der Waals surface area (Å²) in [6.07, 6.45) is 1.85. The summed E-state index contributed by atoms with van der Waals surface area (Å²) in [7, 11) is -3.71. The second kappa shape index (κ2) is 9.99. The number of carbonyl (C=O) groups excluding carboxylic acids is 1. The van der Waals surface area contributed by atoms with Gasteiger partial charge in [-0.25, -0.2) is 13.1 Å². The molecular weight excluding hydrogens is 468 g/mol. The molecule has 0 aliphatic carbocycles. The van der Waals surface area contributed by atoms with Gasteiger partial charge in [-0.1, -0.05) is 16.8 Å². The smallest absolute Gasteiger partial charge is 0.240 e. The molecule has 4 rings (SSSR count). The number of hydrogen-bond donors (Lipinski definition) is 2. The Morgan fingerprint density at radius 2 is 1.79 bits per heavy atom. The fourth-order valence-corrected chi connectivity index (χ4v) is 4.02. The standard InChI is InChI=1S/C22H19ClN4O5S/c23-16-5-3-15(4-6-16)22-26-21(32-27-22)12-11-20(28)25-17-7-9-19(10-8-17)33(29,30)24-14-18-2-1-13-31-18/h1-10,13,24H,11-12,14H2,(H,25,28). The fourth-order valence-electron chi connectivity index (χ4n) is 2.90. The van der Waals surface area contributed by atoms with Crippen LogP contribution in [0.2, 0.25) is 5.02 Å². The number of rotatable bonds is 9. The van der Waals surface area contributed by atoms with Gasteiger partial charge in [0.15, 0.2) is 0 Å². The Hall–Kier alpha value is -3.47. The monoisotopic (exact) mass is 486 g/mol. The Morgan fingerprint density at radius 3 is 2.48 bits per heavy atom. The summed E-state index contributed by atoms with van der Waals surface area (Å²) in [6, 6.07) is 16.2. The van der Waals surface area contributed by atoms with Gasteiger partial charge in [-0.15, -0.1) is 0 Å². The normalized spacial score (nSPS) is 11.4. The molecule has 0 unspecified atom stereocenters. The van der Waals surface area contributed by atoms with Gasteiger partial charge in [-0.05, 0) is 60.7 Å². The highest BCUT2D eigenvalue weighted by Crippen LogP contribution is 2.19. The SMILES string of the molecule is O=C(CCc1nc(-c2ccc(Cl)cc2)no1)Nc1ccc(S(=O)(=O)NCc2ccco2)cc1. The van der Waals surface area contributed by atoms with Gasteiger partial charge in [-0.3, -0.25) is 4.79 Å². The molecule has 0 aliphatic heterocycles. The predicted octanol–water partition coefficient (Wildman–Crippen LogP) is 4.03. The molecule has 2 heterocycles. The Balaban J connectivity index is 1.28. The zero-order valence-corrected chi connectivity index (χ0v) is 18.8. The topological polar surface area (TPSA) is 127 Å². The predicted molar refractivity (Wildman–Crippen MR) is 121 cm³/mol. The second-order valence-corrected chi connectivity index (χ2v) is 9.20. The van der Waals surface area contributed by atoms with E-state index in [9.17, 15) is 13.2 Å². The zero-order valence-electron chi connectivity index (χ0n) is 17.2. The van der Waals surface area contributed by atoms with Crippen LogP contribution >= 0.6 is 11.6 Å². The minimum absolute atomic E-state index is 0.0449. The molecular formula is C22H19ClN4O5S. The Morgan fingerprint density at radius 1 is 1.03 bits per heavy atom. The molecule has 11 heteroatoms. The number of hydrogen-bond acceptors (Lipinski definition) is 7. The maximum atomic E-state index is 12.4. The average molecular weight is 487 g/mol. The number of carbonyl (C=O) groups is 1. The van der Waals surface area contributed by atoms with Crippen molar-refractivity contribution >= 4 is 33.2 Å². The van der Waals surface area contributed by atoms with Gasteiger partial charge < -0.3 is 14.3 Å². The number of sulfonamides is 1. The first-order valence-corrected chi connectivity index (χ1v) is 11.8. The minimum atomic E-state index is -3.71. The quantitative estimate of drug-likeness (QED) is 0.365. The molecule has 0 saturated heterocycles. The van der Waals surface area contributed by atoms with E-state index in [1.54, 1.807) is 36.4 Å². The summed E-state index contributed by atoms with van der Waals surface area (Å²) in [5, 5.41) is 7.24. The number of nitrogens with zero attached hydrogens (tertiary/aromatic N) is 2. The van der Waals surface area contributed by atoms with Crippen molar-refractivity contribution in [3.05, 3.63) is 83.6 Å². The summed E-state index contributed by atoms with van der Waals surface area (Å²) in [6.45, 7) is 0.0449. The molecule has 33 heavy (non-hydrogen) atoms. The van der Waals surface area contributed by atoms with Gasteiger partial charge in [-0.2, -0.15) is 4.98 Å². The number of amides is 1. The van der Waals surface area contributed by atoms with E-state index < -0.39 is 10.0 Å². The number of halogens is 1. The van der Waals surface area contributed by atoms with Gasteiger partial charge >= 0.3 is 0 Å². The maximum absolute atomic E-state index is 12.4. The van der Waals surface area contributed by atoms with Gasteiger partial charge in [0.05, 0.1) is 17.7 Å². The molecule has 170 valence electrons. The molecule has 0 aliphatic rings. The van der Waals surface area contributed by atoms with E-state index >= 15 is 0 Å². The van der Waals surface area contributed by atoms with Crippen LogP contribution in [0.3, 0.4) is 0 Å². The summed E-state index contributed by atoms with van der Waals surface area (Å²) >= 11 is 5.87. The van der Waals surface area contributed by atoms with E-state index in [0.717, 1.165) is 5.56 Å². The van der Waals surface area contributed by atoms with Crippen LogP contribution in [-0.2, 0) is 27.8 Å². The number of anilines is 1. The van der Waals surface area contributed by atoms with Crippen LogP contribution in [0.15, 0.2) is 80.8 Å². The second-order valence-electron chi connectivity index (χ2n) is 7.00. The van der Waals surface area contributed by atoms with E-state index in [1.165, 1.54) is 30.5 Å². The third-order valence-corrected chi connectivity index (χ3v) is 6.27. The minimum Gasteiger partial charge on any atom is -0.468 e. The molecule has 4 aromatic rings. The third kappa shape index (κ3) is 6.07. The van der Waals surface area contributed by atoms with Crippen LogP contribution in [0, 0.1) is 0 Å². The van der Waals surface area contributed by atoms with Crippen molar-refractivity contribution in [2.24, 2.45) is 0 Å². The largest absolute Gasteiger partial charge is 0.468 e. The first-order chi connectivity index (χ1) is 15.9. The van der Waals surface area contributed by atoms with Gasteiger partial charge in [0, 0.05) is 29.1 Å². The fraction of sp³-hybridized carbons (Fsp3) is 0.136. The number of benzene rings is 2. The Labute approximate surface area is 194 Å². The molecule has 1 amide bonds. The van der Waals surface area contributed by atoms with E-state index in [1.807, 2.05) is 0 Å². The van der Waals surface area contributed by atoms with Crippen LogP contribution in [0.25, 0.3) is 11.4 Å². The van der Waals surface area contributed by atoms with Crippen molar-refractivity contribution < 1.29 is 22.2 Å². The molecule has 0 radical (unpaired) electrons. The Kier molecular flexibility index (Phi) is 6.87. The highest BCUT2D eigenvalue weighted by Gasteiger charge is 2.15. The number of nitrogens with one attached hydrogen (secondary N) is 2. The lowest BCUT2D eigenvalue weighted by atomic mass is 10.2. The number of aryl methyl sites for hydroxylation is 1. The summed E-state index contributed by atoms with van der Waals surface area (Å²) in [5.41, 5.74) is 1.23. The molecule has 2 N–H and O–H groups in total. The van der Waals surface area contributed by atoms with Crippen LogP contribution in [0.4, 0.5) is 5.69 Å². The summed E-state index contributed by atoms with van der Waals surface area (Å²) < 4.78 is 37.5. The van der Waals surface area contributed by atoms with Crippen molar-refractivity contribution in [3.63, 3.8) is 0 Å². The van der Waals surface area contributed by atoms with Crippen LogP contribution in [0.1, 0.15) is 18.1 Å². The van der Waals surface area contributed by atoms with Crippen molar-refractivity contribution in [1.82, 2.24) is 14.9 Å². The van der Waals surface area contributed by atoms with Crippen molar-refractivity contribution in [2.45, 2.75) is 24.3 Å². The summed E-state index contributed by atoms with van der Waals surface area (Å²) in [5.74, 6) is 0.982.